The van der Waals surface area contributed by atoms with Crippen LogP contribution in [-0.2, 0) is 4.79 Å². The smallest absolute Gasteiger partial charge is 0.277 e. The Morgan fingerprint density at radius 1 is 1.19 bits per heavy atom. The van der Waals surface area contributed by atoms with E-state index in [0.717, 1.165) is 21.9 Å². The Morgan fingerprint density at radius 2 is 2.00 bits per heavy atom. The largest absolute Gasteiger partial charge is 0.494 e. The van der Waals surface area contributed by atoms with Gasteiger partial charge in [0, 0.05) is 16.1 Å². The van der Waals surface area contributed by atoms with E-state index in [2.05, 4.69) is 15.5 Å². The van der Waals surface area contributed by atoms with Crippen molar-refractivity contribution in [1.29, 1.82) is 0 Å². The van der Waals surface area contributed by atoms with Gasteiger partial charge in [-0.3, -0.25) is 4.79 Å². The summed E-state index contributed by atoms with van der Waals surface area (Å²) in [7, 11) is 0. The van der Waals surface area contributed by atoms with E-state index in [-0.39, 0.29) is 11.7 Å². The Hall–Kier alpha value is -2.45. The second-order valence-corrected chi connectivity index (χ2v) is 7.21. The van der Waals surface area contributed by atoms with Gasteiger partial charge in [0.25, 0.3) is 5.22 Å². The maximum absolute atomic E-state index is 12.1. The molecule has 0 aliphatic heterocycles. The van der Waals surface area contributed by atoms with Crippen molar-refractivity contribution in [3.63, 3.8) is 0 Å². The summed E-state index contributed by atoms with van der Waals surface area (Å²) >= 11 is 2.83. The van der Waals surface area contributed by atoms with Crippen LogP contribution in [0.4, 0.5) is 5.69 Å². The van der Waals surface area contributed by atoms with Crippen LogP contribution >= 0.6 is 23.5 Å². The quantitative estimate of drug-likeness (QED) is 0.553. The molecule has 0 saturated heterocycles. The number of ether oxygens (including phenoxy) is 1. The zero-order chi connectivity index (χ0) is 19.1. The predicted molar refractivity (Wildman–Crippen MR) is 108 cm³/mol. The molecule has 0 radical (unpaired) electrons. The number of nitrogens with zero attached hydrogens (tertiary/aromatic N) is 2. The van der Waals surface area contributed by atoms with Crippen LogP contribution in [0.25, 0.3) is 11.5 Å². The fourth-order valence-corrected chi connectivity index (χ4v) is 3.29. The summed E-state index contributed by atoms with van der Waals surface area (Å²) in [5, 5.41) is 11.2. The summed E-state index contributed by atoms with van der Waals surface area (Å²) in [4.78, 5) is 13.2. The summed E-state index contributed by atoms with van der Waals surface area (Å²) in [6.07, 6.45) is 1.99. The average Bonchev–Trinajstić information content (AvgIpc) is 3.16. The van der Waals surface area contributed by atoms with Gasteiger partial charge in [-0.05, 0) is 55.6 Å². The molecule has 0 bridgehead atoms. The van der Waals surface area contributed by atoms with Gasteiger partial charge in [0.2, 0.25) is 11.8 Å². The lowest BCUT2D eigenvalue weighted by molar-refractivity contribution is -0.113. The number of carbonyl (C=O) groups is 1. The van der Waals surface area contributed by atoms with E-state index in [0.29, 0.717) is 17.7 Å². The van der Waals surface area contributed by atoms with Crippen molar-refractivity contribution in [2.75, 3.05) is 23.9 Å². The number of thioether (sulfide) groups is 2. The minimum atomic E-state index is -0.126. The Kier molecular flexibility index (Phi) is 6.78. The summed E-state index contributed by atoms with van der Waals surface area (Å²) in [6.45, 7) is 2.55. The van der Waals surface area contributed by atoms with Crippen molar-refractivity contribution in [2.24, 2.45) is 0 Å². The van der Waals surface area contributed by atoms with Crippen LogP contribution in [0.3, 0.4) is 0 Å². The molecular weight excluding hydrogens is 382 g/mol. The first-order valence-corrected chi connectivity index (χ1v) is 10.5. The number of rotatable bonds is 8. The number of benzene rings is 2. The van der Waals surface area contributed by atoms with E-state index in [1.54, 1.807) is 11.8 Å². The third kappa shape index (κ3) is 5.51. The molecule has 1 amide bonds. The van der Waals surface area contributed by atoms with Gasteiger partial charge >= 0.3 is 0 Å². The lowest BCUT2D eigenvalue weighted by Crippen LogP contribution is -2.13. The monoisotopic (exact) mass is 401 g/mol. The maximum atomic E-state index is 12.1. The number of aromatic nitrogens is 2. The molecule has 1 N–H and O–H groups in total. The van der Waals surface area contributed by atoms with Gasteiger partial charge in [-0.2, -0.15) is 0 Å². The fraction of sp³-hybridized carbons (Fsp3) is 0.211. The average molecular weight is 402 g/mol. The molecule has 27 heavy (non-hydrogen) atoms. The number of carbonyl (C=O) groups excluding carboxylic acids is 1. The van der Waals surface area contributed by atoms with E-state index < -0.39 is 0 Å². The molecular formula is C19H19N3O3S2. The first-order valence-electron chi connectivity index (χ1n) is 8.31. The third-order valence-electron chi connectivity index (χ3n) is 3.50. The summed E-state index contributed by atoms with van der Waals surface area (Å²) in [5.41, 5.74) is 1.57. The van der Waals surface area contributed by atoms with Crippen LogP contribution in [-0.4, -0.2) is 34.7 Å². The van der Waals surface area contributed by atoms with E-state index in [9.17, 15) is 4.79 Å². The molecule has 1 aromatic heterocycles. The van der Waals surface area contributed by atoms with Crippen molar-refractivity contribution in [3.05, 3.63) is 48.5 Å². The molecule has 0 atom stereocenters. The van der Waals surface area contributed by atoms with Crippen LogP contribution < -0.4 is 10.1 Å². The highest BCUT2D eigenvalue weighted by Crippen LogP contribution is 2.25. The molecule has 3 aromatic rings. The van der Waals surface area contributed by atoms with E-state index in [1.165, 1.54) is 11.8 Å². The van der Waals surface area contributed by atoms with Gasteiger partial charge in [-0.25, -0.2) is 0 Å². The molecule has 0 aliphatic rings. The van der Waals surface area contributed by atoms with Crippen molar-refractivity contribution >= 4 is 35.1 Å². The highest BCUT2D eigenvalue weighted by atomic mass is 32.2. The first-order chi connectivity index (χ1) is 13.2. The van der Waals surface area contributed by atoms with Crippen molar-refractivity contribution in [1.82, 2.24) is 10.2 Å². The molecule has 0 spiro atoms. The maximum Gasteiger partial charge on any atom is 0.277 e. The number of nitrogens with one attached hydrogen (secondary N) is 1. The van der Waals surface area contributed by atoms with E-state index >= 15 is 0 Å². The topological polar surface area (TPSA) is 77.2 Å². The zero-order valence-corrected chi connectivity index (χ0v) is 16.6. The highest BCUT2D eigenvalue weighted by Gasteiger charge is 2.12. The van der Waals surface area contributed by atoms with E-state index in [4.69, 9.17) is 9.15 Å². The molecule has 3 rings (SSSR count). The van der Waals surface area contributed by atoms with E-state index in [1.807, 2.05) is 61.7 Å². The Bertz CT molecular complexity index is 897. The zero-order valence-electron chi connectivity index (χ0n) is 15.0. The van der Waals surface area contributed by atoms with Gasteiger partial charge in [0.15, 0.2) is 0 Å². The molecule has 0 fully saturated rings. The summed E-state index contributed by atoms with van der Waals surface area (Å²) in [5.74, 6) is 1.26. The highest BCUT2D eigenvalue weighted by molar-refractivity contribution is 7.99. The molecule has 140 valence electrons. The Labute approximate surface area is 166 Å². The number of hydrogen-bond donors (Lipinski definition) is 1. The molecule has 2 aromatic carbocycles. The molecule has 0 unspecified atom stereocenters. The SMILES string of the molecule is CCOc1ccc(-c2nnc(SCC(=O)Nc3cccc(SC)c3)o2)cc1. The minimum absolute atomic E-state index is 0.126. The normalized spacial score (nSPS) is 10.6. The van der Waals surface area contributed by atoms with Crippen LogP contribution in [0, 0.1) is 0 Å². The molecule has 1 heterocycles. The summed E-state index contributed by atoms with van der Waals surface area (Å²) in [6, 6.07) is 15.1. The molecule has 8 heteroatoms. The third-order valence-corrected chi connectivity index (χ3v) is 5.04. The van der Waals surface area contributed by atoms with Gasteiger partial charge in [-0.1, -0.05) is 17.8 Å². The Morgan fingerprint density at radius 3 is 2.74 bits per heavy atom. The standard InChI is InChI=1S/C19H19N3O3S2/c1-3-24-15-9-7-13(8-10-15)18-21-22-19(25-18)27-12-17(23)20-14-5-4-6-16(11-14)26-2/h4-11H,3,12H2,1-2H3,(H,20,23). The molecule has 0 aliphatic carbocycles. The van der Waals surface area contributed by atoms with Crippen LogP contribution in [0.5, 0.6) is 5.75 Å². The lowest BCUT2D eigenvalue weighted by atomic mass is 10.2. The fourth-order valence-electron chi connectivity index (χ4n) is 2.27. The van der Waals surface area contributed by atoms with Crippen LogP contribution in [0.2, 0.25) is 0 Å². The Balaban J connectivity index is 1.55. The molecule has 0 saturated carbocycles. The van der Waals surface area contributed by atoms with Crippen molar-refractivity contribution < 1.29 is 13.9 Å². The van der Waals surface area contributed by atoms with Gasteiger partial charge in [-0.15, -0.1) is 22.0 Å². The number of hydrogen-bond acceptors (Lipinski definition) is 7. The van der Waals surface area contributed by atoms with Gasteiger partial charge in [0.05, 0.1) is 12.4 Å². The van der Waals surface area contributed by atoms with Gasteiger partial charge < -0.3 is 14.5 Å². The van der Waals surface area contributed by atoms with Crippen LogP contribution in [0.1, 0.15) is 6.92 Å². The predicted octanol–water partition coefficient (Wildman–Crippen LogP) is 4.59. The number of amides is 1. The second-order valence-electron chi connectivity index (χ2n) is 5.40. The minimum Gasteiger partial charge on any atom is -0.494 e. The second kappa shape index (κ2) is 9.48. The summed E-state index contributed by atoms with van der Waals surface area (Å²) < 4.78 is 11.0. The van der Waals surface area contributed by atoms with Gasteiger partial charge in [0.1, 0.15) is 5.75 Å². The van der Waals surface area contributed by atoms with Crippen molar-refractivity contribution in [2.45, 2.75) is 17.0 Å². The van der Waals surface area contributed by atoms with Crippen molar-refractivity contribution in [3.8, 4) is 17.2 Å². The molecule has 6 nitrogen and oxygen atoms in total. The lowest BCUT2D eigenvalue weighted by Gasteiger charge is -2.05. The first kappa shape index (κ1) is 19.3. The number of anilines is 1. The van der Waals surface area contributed by atoms with Crippen LogP contribution in [0.15, 0.2) is 63.1 Å².